The molecular weight excluding hydrogens is 222 g/mol. The molecule has 3 aromatic rings. The maximum absolute atomic E-state index is 5.89. The van der Waals surface area contributed by atoms with E-state index in [0.717, 1.165) is 20.8 Å². The number of rotatable bonds is 1. The van der Waals surface area contributed by atoms with Crippen LogP contribution in [-0.4, -0.2) is 15.2 Å². The number of nitrogens with one attached hydrogen (secondary N) is 1. The summed E-state index contributed by atoms with van der Waals surface area (Å²) in [6, 6.07) is 5.54. The molecule has 0 fully saturated rings. The van der Waals surface area contributed by atoms with Crippen LogP contribution >= 0.6 is 11.3 Å². The third-order valence-corrected chi connectivity index (χ3v) is 3.50. The Bertz CT molecular complexity index is 641. The van der Waals surface area contributed by atoms with Gasteiger partial charge in [0.25, 0.3) is 0 Å². The van der Waals surface area contributed by atoms with Crippen molar-refractivity contribution >= 4 is 33.1 Å². The summed E-state index contributed by atoms with van der Waals surface area (Å²) < 4.78 is 0.957. The zero-order chi connectivity index (χ0) is 11.1. The fraction of sp³-hybridized carbons (Fsp3) is 0. The Kier molecular flexibility index (Phi) is 1.84. The zero-order valence-electron chi connectivity index (χ0n) is 8.27. The number of hydrogen-bond donors (Lipinski definition) is 3. The summed E-state index contributed by atoms with van der Waals surface area (Å²) in [4.78, 5) is 5.29. The van der Waals surface area contributed by atoms with Crippen molar-refractivity contribution in [3.05, 3.63) is 24.4 Å². The van der Waals surface area contributed by atoms with E-state index < -0.39 is 0 Å². The van der Waals surface area contributed by atoms with Crippen LogP contribution in [0.4, 0.5) is 11.5 Å². The number of thiophene rings is 1. The highest BCUT2D eigenvalue weighted by Crippen LogP contribution is 2.35. The number of H-pyrrole nitrogens is 1. The Balaban J connectivity index is 2.27. The first kappa shape index (κ1) is 9.17. The van der Waals surface area contributed by atoms with E-state index in [9.17, 15) is 0 Å². The van der Waals surface area contributed by atoms with Crippen molar-refractivity contribution in [2.45, 2.75) is 0 Å². The quantitative estimate of drug-likeness (QED) is 0.595. The minimum absolute atomic E-state index is 0.443. The monoisotopic (exact) mass is 231 g/mol. The van der Waals surface area contributed by atoms with Crippen LogP contribution in [0.3, 0.4) is 0 Å². The summed E-state index contributed by atoms with van der Waals surface area (Å²) >= 11 is 1.58. The number of nitrogen functional groups attached to an aromatic ring is 2. The summed E-state index contributed by atoms with van der Waals surface area (Å²) in [5, 5.41) is 6.82. The Morgan fingerprint density at radius 2 is 2.12 bits per heavy atom. The molecule has 0 aromatic carbocycles. The molecule has 80 valence electrons. The van der Waals surface area contributed by atoms with Crippen LogP contribution in [0.1, 0.15) is 0 Å². The second-order valence-electron chi connectivity index (χ2n) is 3.43. The summed E-state index contributed by atoms with van der Waals surface area (Å²) in [6.07, 6.45) is 1.71. The molecule has 0 aliphatic heterocycles. The molecule has 3 rings (SSSR count). The van der Waals surface area contributed by atoms with Gasteiger partial charge in [0, 0.05) is 12.3 Å². The standard InChI is InChI=1S/C10H9N5S/c11-5-3-9(12)14-7-4-8(16-10(5)7)6-1-2-13-15-6/h1-4H,(H,13,15)(H4,11,12,14). The van der Waals surface area contributed by atoms with E-state index in [2.05, 4.69) is 15.2 Å². The molecule has 16 heavy (non-hydrogen) atoms. The molecule has 0 unspecified atom stereocenters. The molecular formula is C10H9N5S. The Morgan fingerprint density at radius 3 is 2.88 bits per heavy atom. The molecule has 0 radical (unpaired) electrons. The topological polar surface area (TPSA) is 93.6 Å². The Morgan fingerprint density at radius 1 is 1.25 bits per heavy atom. The zero-order valence-corrected chi connectivity index (χ0v) is 9.08. The summed E-state index contributed by atoms with van der Waals surface area (Å²) in [6.45, 7) is 0. The van der Waals surface area contributed by atoms with Gasteiger partial charge in [-0.1, -0.05) is 0 Å². The number of aromatic amines is 1. The number of fused-ring (bicyclic) bond motifs is 1. The van der Waals surface area contributed by atoms with Crippen LogP contribution in [0.15, 0.2) is 24.4 Å². The number of nitrogens with two attached hydrogens (primary N) is 2. The van der Waals surface area contributed by atoms with Crippen LogP contribution in [0, 0.1) is 0 Å². The third-order valence-electron chi connectivity index (χ3n) is 2.29. The van der Waals surface area contributed by atoms with Crippen molar-refractivity contribution in [1.82, 2.24) is 15.2 Å². The predicted octanol–water partition coefficient (Wildman–Crippen LogP) is 1.85. The average molecular weight is 231 g/mol. The maximum Gasteiger partial charge on any atom is 0.126 e. The average Bonchev–Trinajstić information content (AvgIpc) is 2.82. The molecule has 0 bridgehead atoms. The summed E-state index contributed by atoms with van der Waals surface area (Å²) in [5.74, 6) is 0.443. The van der Waals surface area contributed by atoms with E-state index in [-0.39, 0.29) is 0 Å². The van der Waals surface area contributed by atoms with E-state index in [1.54, 1.807) is 23.6 Å². The Hall–Kier alpha value is -2.08. The number of anilines is 2. The van der Waals surface area contributed by atoms with E-state index in [0.29, 0.717) is 11.5 Å². The molecule has 0 amide bonds. The first-order valence-electron chi connectivity index (χ1n) is 4.69. The van der Waals surface area contributed by atoms with Crippen molar-refractivity contribution in [1.29, 1.82) is 0 Å². The number of pyridine rings is 1. The lowest BCUT2D eigenvalue weighted by molar-refractivity contribution is 1.10. The van der Waals surface area contributed by atoms with Crippen LogP contribution in [0.25, 0.3) is 20.8 Å². The molecule has 6 heteroatoms. The van der Waals surface area contributed by atoms with Crippen LogP contribution < -0.4 is 11.5 Å². The molecule has 0 saturated carbocycles. The van der Waals surface area contributed by atoms with Crippen molar-refractivity contribution in [3.63, 3.8) is 0 Å². The number of aromatic nitrogens is 3. The normalized spacial score (nSPS) is 11.0. The molecule has 0 saturated heterocycles. The highest BCUT2D eigenvalue weighted by molar-refractivity contribution is 7.22. The minimum Gasteiger partial charge on any atom is -0.397 e. The van der Waals surface area contributed by atoms with Crippen molar-refractivity contribution < 1.29 is 0 Å². The van der Waals surface area contributed by atoms with E-state index in [1.165, 1.54) is 0 Å². The first-order valence-corrected chi connectivity index (χ1v) is 5.51. The van der Waals surface area contributed by atoms with Gasteiger partial charge in [-0.25, -0.2) is 4.98 Å². The highest BCUT2D eigenvalue weighted by atomic mass is 32.1. The van der Waals surface area contributed by atoms with Gasteiger partial charge < -0.3 is 11.5 Å². The first-order chi connectivity index (χ1) is 7.74. The van der Waals surface area contributed by atoms with Crippen LogP contribution in [0.2, 0.25) is 0 Å². The van der Waals surface area contributed by atoms with Gasteiger partial charge in [0.15, 0.2) is 0 Å². The van der Waals surface area contributed by atoms with Gasteiger partial charge in [-0.05, 0) is 12.1 Å². The fourth-order valence-corrected chi connectivity index (χ4v) is 2.59. The molecule has 0 aliphatic rings. The minimum atomic E-state index is 0.443. The van der Waals surface area contributed by atoms with Crippen molar-refractivity contribution in [2.75, 3.05) is 11.5 Å². The lowest BCUT2D eigenvalue weighted by Gasteiger charge is -1.96. The fourth-order valence-electron chi connectivity index (χ4n) is 1.59. The SMILES string of the molecule is Nc1cc(N)c2sc(-c3ccn[nH]3)cc2n1. The molecule has 5 nitrogen and oxygen atoms in total. The summed E-state index contributed by atoms with van der Waals surface area (Å²) in [7, 11) is 0. The Labute approximate surface area is 95.1 Å². The second-order valence-corrected chi connectivity index (χ2v) is 4.48. The van der Waals surface area contributed by atoms with Gasteiger partial charge in [-0.15, -0.1) is 11.3 Å². The third kappa shape index (κ3) is 1.31. The smallest absolute Gasteiger partial charge is 0.126 e. The van der Waals surface area contributed by atoms with Gasteiger partial charge in [-0.2, -0.15) is 5.10 Å². The lowest BCUT2D eigenvalue weighted by Crippen LogP contribution is -1.92. The van der Waals surface area contributed by atoms with Crippen LogP contribution in [-0.2, 0) is 0 Å². The molecule has 0 aliphatic carbocycles. The van der Waals surface area contributed by atoms with Gasteiger partial charge in [0.05, 0.1) is 26.5 Å². The number of nitrogens with zero attached hydrogens (tertiary/aromatic N) is 2. The molecule has 3 heterocycles. The van der Waals surface area contributed by atoms with E-state index in [1.807, 2.05) is 12.1 Å². The van der Waals surface area contributed by atoms with Gasteiger partial charge in [0.2, 0.25) is 0 Å². The molecule has 0 spiro atoms. The van der Waals surface area contributed by atoms with E-state index in [4.69, 9.17) is 11.5 Å². The molecule has 5 N–H and O–H groups in total. The maximum atomic E-state index is 5.89. The van der Waals surface area contributed by atoms with Gasteiger partial charge >= 0.3 is 0 Å². The van der Waals surface area contributed by atoms with Crippen molar-refractivity contribution in [2.24, 2.45) is 0 Å². The van der Waals surface area contributed by atoms with Gasteiger partial charge in [0.1, 0.15) is 5.82 Å². The summed E-state index contributed by atoms with van der Waals surface area (Å²) in [5.41, 5.74) is 14.0. The number of hydrogen-bond acceptors (Lipinski definition) is 5. The van der Waals surface area contributed by atoms with E-state index >= 15 is 0 Å². The molecule has 3 aromatic heterocycles. The van der Waals surface area contributed by atoms with Crippen LogP contribution in [0.5, 0.6) is 0 Å². The second kappa shape index (κ2) is 3.21. The van der Waals surface area contributed by atoms with Gasteiger partial charge in [-0.3, -0.25) is 5.10 Å². The predicted molar refractivity (Wildman–Crippen MR) is 66.0 cm³/mol. The largest absolute Gasteiger partial charge is 0.397 e. The molecule has 0 atom stereocenters. The lowest BCUT2D eigenvalue weighted by atomic mass is 10.3. The highest BCUT2D eigenvalue weighted by Gasteiger charge is 2.09. The van der Waals surface area contributed by atoms with Crippen molar-refractivity contribution in [3.8, 4) is 10.6 Å².